The van der Waals surface area contributed by atoms with Gasteiger partial charge in [0.25, 0.3) is 0 Å². The molecular weight excluding hydrogens is 398 g/mol. The van der Waals surface area contributed by atoms with Gasteiger partial charge in [-0.25, -0.2) is 4.79 Å². The second kappa shape index (κ2) is 8.45. The Bertz CT molecular complexity index is 1020. The minimum absolute atomic E-state index is 0.496. The predicted octanol–water partition coefficient (Wildman–Crippen LogP) is 3.57. The number of benzene rings is 2. The molecule has 0 fully saturated rings. The van der Waals surface area contributed by atoms with E-state index in [1.807, 2.05) is 47.9 Å². The molecule has 0 bridgehead atoms. The van der Waals surface area contributed by atoms with Crippen molar-refractivity contribution in [1.82, 2.24) is 20.1 Å². The van der Waals surface area contributed by atoms with E-state index in [-0.39, 0.29) is 0 Å². The van der Waals surface area contributed by atoms with Crippen molar-refractivity contribution >= 4 is 35.3 Å². The SMILES string of the molecule is Cc1cccc(-n2c(S[C@@H](C)C(=O)NC(N)=O)nnc2-c2ccc(Cl)cc2)c1. The van der Waals surface area contributed by atoms with Crippen molar-refractivity contribution in [2.75, 3.05) is 0 Å². The smallest absolute Gasteiger partial charge is 0.318 e. The molecule has 1 aromatic heterocycles. The Labute approximate surface area is 171 Å². The van der Waals surface area contributed by atoms with Gasteiger partial charge in [-0.1, -0.05) is 35.5 Å². The zero-order valence-corrected chi connectivity index (χ0v) is 16.8. The van der Waals surface area contributed by atoms with Gasteiger partial charge < -0.3 is 5.73 Å². The van der Waals surface area contributed by atoms with Gasteiger partial charge in [-0.3, -0.25) is 14.7 Å². The lowest BCUT2D eigenvalue weighted by Crippen LogP contribution is -2.39. The summed E-state index contributed by atoms with van der Waals surface area (Å²) in [5, 5.41) is 11.2. The minimum Gasteiger partial charge on any atom is -0.351 e. The number of aryl methyl sites for hydroxylation is 1. The van der Waals surface area contributed by atoms with Crippen LogP contribution in [-0.4, -0.2) is 32.0 Å². The first kappa shape index (κ1) is 19.9. The van der Waals surface area contributed by atoms with Gasteiger partial charge in [-0.2, -0.15) is 0 Å². The molecule has 1 heterocycles. The lowest BCUT2D eigenvalue weighted by Gasteiger charge is -2.13. The molecule has 3 amide bonds. The summed E-state index contributed by atoms with van der Waals surface area (Å²) in [7, 11) is 0. The van der Waals surface area contributed by atoms with Crippen LogP contribution in [0.15, 0.2) is 53.7 Å². The molecular formula is C19H18ClN5O2S. The fraction of sp³-hybridized carbons (Fsp3) is 0.158. The van der Waals surface area contributed by atoms with Crippen molar-refractivity contribution in [2.24, 2.45) is 5.73 Å². The molecule has 0 aliphatic heterocycles. The van der Waals surface area contributed by atoms with Crippen molar-refractivity contribution in [3.05, 3.63) is 59.1 Å². The zero-order chi connectivity index (χ0) is 20.3. The summed E-state index contributed by atoms with van der Waals surface area (Å²) >= 11 is 7.18. The van der Waals surface area contributed by atoms with Gasteiger partial charge in [-0.15, -0.1) is 10.2 Å². The number of nitrogens with one attached hydrogen (secondary N) is 1. The van der Waals surface area contributed by atoms with Crippen molar-refractivity contribution < 1.29 is 9.59 Å². The Kier molecular flexibility index (Phi) is 6.01. The molecule has 3 aromatic rings. The Morgan fingerprint density at radius 1 is 1.18 bits per heavy atom. The molecule has 3 N–H and O–H groups in total. The number of urea groups is 1. The summed E-state index contributed by atoms with van der Waals surface area (Å²) in [6.45, 7) is 3.66. The van der Waals surface area contributed by atoms with E-state index in [2.05, 4.69) is 15.5 Å². The number of hydrogen-bond donors (Lipinski definition) is 2. The normalized spacial score (nSPS) is 11.8. The Hall–Kier alpha value is -2.84. The van der Waals surface area contributed by atoms with E-state index in [1.54, 1.807) is 19.1 Å². The number of nitrogens with zero attached hydrogens (tertiary/aromatic N) is 3. The summed E-state index contributed by atoms with van der Waals surface area (Å²) in [6.07, 6.45) is 0. The maximum Gasteiger partial charge on any atom is 0.318 e. The second-order valence-electron chi connectivity index (χ2n) is 6.10. The maximum absolute atomic E-state index is 12.1. The van der Waals surface area contributed by atoms with Crippen LogP contribution in [0, 0.1) is 6.92 Å². The molecule has 0 spiro atoms. The third-order valence-electron chi connectivity index (χ3n) is 3.89. The average Bonchev–Trinajstić information content (AvgIpc) is 3.05. The lowest BCUT2D eigenvalue weighted by molar-refractivity contribution is -0.119. The third-order valence-corrected chi connectivity index (χ3v) is 5.19. The summed E-state index contributed by atoms with van der Waals surface area (Å²) in [4.78, 5) is 23.0. The Balaban J connectivity index is 2.04. The second-order valence-corrected chi connectivity index (χ2v) is 7.85. The molecule has 2 aromatic carbocycles. The molecule has 0 aliphatic carbocycles. The van der Waals surface area contributed by atoms with Crippen molar-refractivity contribution in [3.63, 3.8) is 0 Å². The van der Waals surface area contributed by atoms with E-state index in [0.29, 0.717) is 16.0 Å². The van der Waals surface area contributed by atoms with Gasteiger partial charge >= 0.3 is 6.03 Å². The van der Waals surface area contributed by atoms with Crippen molar-refractivity contribution in [1.29, 1.82) is 0 Å². The van der Waals surface area contributed by atoms with Crippen LogP contribution in [0.5, 0.6) is 0 Å². The zero-order valence-electron chi connectivity index (χ0n) is 15.2. The Morgan fingerprint density at radius 2 is 1.89 bits per heavy atom. The first-order valence-electron chi connectivity index (χ1n) is 8.40. The number of rotatable bonds is 5. The van der Waals surface area contributed by atoms with E-state index in [4.69, 9.17) is 17.3 Å². The molecule has 0 saturated heterocycles. The molecule has 1 atom stereocenters. The summed E-state index contributed by atoms with van der Waals surface area (Å²) < 4.78 is 1.87. The molecule has 9 heteroatoms. The number of carbonyl (C=O) groups is 2. The van der Waals surface area contributed by atoms with Crippen molar-refractivity contribution in [3.8, 4) is 17.1 Å². The van der Waals surface area contributed by atoms with Gasteiger partial charge in [0.05, 0.1) is 5.25 Å². The van der Waals surface area contributed by atoms with E-state index in [1.165, 1.54) is 11.8 Å². The van der Waals surface area contributed by atoms with E-state index < -0.39 is 17.2 Å². The highest BCUT2D eigenvalue weighted by molar-refractivity contribution is 8.00. The minimum atomic E-state index is -0.889. The third kappa shape index (κ3) is 4.52. The highest BCUT2D eigenvalue weighted by Crippen LogP contribution is 2.31. The van der Waals surface area contributed by atoms with Crippen LogP contribution in [0.1, 0.15) is 12.5 Å². The molecule has 0 unspecified atom stereocenters. The van der Waals surface area contributed by atoms with E-state index >= 15 is 0 Å². The van der Waals surface area contributed by atoms with Gasteiger partial charge in [0.2, 0.25) is 5.91 Å². The number of thioether (sulfide) groups is 1. The summed E-state index contributed by atoms with van der Waals surface area (Å²) in [6, 6.07) is 14.3. The molecule has 0 aliphatic rings. The van der Waals surface area contributed by atoms with Crippen molar-refractivity contribution in [2.45, 2.75) is 24.3 Å². The van der Waals surface area contributed by atoms with Crippen LogP contribution in [0.2, 0.25) is 5.02 Å². The quantitative estimate of drug-likeness (QED) is 0.620. The number of hydrogen-bond acceptors (Lipinski definition) is 5. The fourth-order valence-electron chi connectivity index (χ4n) is 2.57. The number of halogens is 1. The Morgan fingerprint density at radius 3 is 2.54 bits per heavy atom. The summed E-state index contributed by atoms with van der Waals surface area (Å²) in [5.41, 5.74) is 7.80. The lowest BCUT2D eigenvalue weighted by atomic mass is 10.2. The number of amides is 3. The number of primary amides is 1. The van der Waals surface area contributed by atoms with Gasteiger partial charge in [0, 0.05) is 16.3 Å². The molecule has 28 heavy (non-hydrogen) atoms. The molecule has 144 valence electrons. The average molecular weight is 416 g/mol. The van der Waals surface area contributed by atoms with Gasteiger partial charge in [-0.05, 0) is 55.8 Å². The molecule has 0 radical (unpaired) electrons. The number of nitrogens with two attached hydrogens (primary N) is 1. The van der Waals surface area contributed by atoms with Crippen LogP contribution in [0.3, 0.4) is 0 Å². The number of imide groups is 1. The standard InChI is InChI=1S/C19H18ClN5O2S/c1-11-4-3-5-15(10-11)25-16(13-6-8-14(20)9-7-13)23-24-19(25)28-12(2)17(26)22-18(21)27/h3-10,12H,1-2H3,(H3,21,22,26,27)/t12-/m0/s1. The maximum atomic E-state index is 12.1. The van der Waals surface area contributed by atoms with Gasteiger partial charge in [0.1, 0.15) is 0 Å². The molecule has 0 saturated carbocycles. The predicted molar refractivity (Wildman–Crippen MR) is 110 cm³/mol. The van der Waals surface area contributed by atoms with E-state index in [0.717, 1.165) is 16.8 Å². The topological polar surface area (TPSA) is 103 Å². The highest BCUT2D eigenvalue weighted by Gasteiger charge is 2.22. The van der Waals surface area contributed by atoms with E-state index in [9.17, 15) is 9.59 Å². The largest absolute Gasteiger partial charge is 0.351 e. The van der Waals surface area contributed by atoms with Crippen LogP contribution >= 0.6 is 23.4 Å². The molecule has 7 nitrogen and oxygen atoms in total. The first-order chi connectivity index (χ1) is 13.3. The molecule has 3 rings (SSSR count). The highest BCUT2D eigenvalue weighted by atomic mass is 35.5. The monoisotopic (exact) mass is 415 g/mol. The summed E-state index contributed by atoms with van der Waals surface area (Å²) in [5.74, 6) is 0.122. The number of carbonyl (C=O) groups excluding carboxylic acids is 2. The van der Waals surface area contributed by atoms with Crippen LogP contribution < -0.4 is 11.1 Å². The first-order valence-corrected chi connectivity index (χ1v) is 9.66. The van der Waals surface area contributed by atoms with Gasteiger partial charge in [0.15, 0.2) is 11.0 Å². The van der Waals surface area contributed by atoms with Crippen LogP contribution in [-0.2, 0) is 4.79 Å². The van der Waals surface area contributed by atoms with Crippen LogP contribution in [0.25, 0.3) is 17.1 Å². The number of aromatic nitrogens is 3. The van der Waals surface area contributed by atoms with Crippen LogP contribution in [0.4, 0.5) is 4.79 Å². The fourth-order valence-corrected chi connectivity index (χ4v) is 3.56.